The minimum atomic E-state index is 0.368. The van der Waals surface area contributed by atoms with Crippen molar-refractivity contribution in [1.29, 1.82) is 0 Å². The van der Waals surface area contributed by atoms with E-state index in [1.165, 1.54) is 30.6 Å². The SMILES string of the molecule is C1CNc2nn3c(c2C1)NCCC3C1CCCO1. The molecule has 1 fully saturated rings. The first-order valence-electron chi connectivity index (χ1n) is 7.14. The van der Waals surface area contributed by atoms with Crippen LogP contribution in [0, 0.1) is 0 Å². The van der Waals surface area contributed by atoms with Crippen molar-refractivity contribution in [3.63, 3.8) is 0 Å². The Bertz CT molecular complexity index is 450. The number of hydrogen-bond acceptors (Lipinski definition) is 4. The number of ether oxygens (including phenoxy) is 1. The number of anilines is 2. The first kappa shape index (κ1) is 10.7. The first-order valence-corrected chi connectivity index (χ1v) is 7.14. The molecule has 4 heterocycles. The van der Waals surface area contributed by atoms with Gasteiger partial charge in [0.25, 0.3) is 0 Å². The van der Waals surface area contributed by atoms with Gasteiger partial charge in [-0.3, -0.25) is 0 Å². The van der Waals surface area contributed by atoms with Crippen LogP contribution in [0.1, 0.15) is 37.3 Å². The lowest BCUT2D eigenvalue weighted by molar-refractivity contribution is 0.0592. The van der Waals surface area contributed by atoms with Crippen molar-refractivity contribution in [2.24, 2.45) is 0 Å². The summed E-state index contributed by atoms with van der Waals surface area (Å²) in [4.78, 5) is 0. The second-order valence-corrected chi connectivity index (χ2v) is 5.48. The predicted octanol–water partition coefficient (Wildman–Crippen LogP) is 1.78. The zero-order chi connectivity index (χ0) is 11.9. The molecule has 0 saturated carbocycles. The maximum atomic E-state index is 5.87. The number of aromatic nitrogens is 2. The van der Waals surface area contributed by atoms with Crippen LogP contribution in [0.5, 0.6) is 0 Å². The Hall–Kier alpha value is -1.23. The maximum absolute atomic E-state index is 5.87. The van der Waals surface area contributed by atoms with Gasteiger partial charge in [0.2, 0.25) is 0 Å². The minimum absolute atomic E-state index is 0.368. The Balaban J connectivity index is 1.72. The van der Waals surface area contributed by atoms with E-state index in [0.29, 0.717) is 12.1 Å². The highest BCUT2D eigenvalue weighted by Gasteiger charge is 2.34. The first-order chi connectivity index (χ1) is 8.93. The van der Waals surface area contributed by atoms with E-state index >= 15 is 0 Å². The third kappa shape index (κ3) is 1.53. The van der Waals surface area contributed by atoms with E-state index in [2.05, 4.69) is 15.3 Å². The van der Waals surface area contributed by atoms with Crippen molar-refractivity contribution in [3.8, 4) is 0 Å². The van der Waals surface area contributed by atoms with Crippen LogP contribution in [0.2, 0.25) is 0 Å². The van der Waals surface area contributed by atoms with Crippen molar-refractivity contribution in [1.82, 2.24) is 9.78 Å². The summed E-state index contributed by atoms with van der Waals surface area (Å²) in [5.74, 6) is 2.33. The lowest BCUT2D eigenvalue weighted by Crippen LogP contribution is -2.32. The van der Waals surface area contributed by atoms with Gasteiger partial charge in [-0.1, -0.05) is 0 Å². The number of rotatable bonds is 1. The van der Waals surface area contributed by atoms with Gasteiger partial charge in [0.15, 0.2) is 5.82 Å². The summed E-state index contributed by atoms with van der Waals surface area (Å²) < 4.78 is 8.07. The van der Waals surface area contributed by atoms with Gasteiger partial charge in [-0.05, 0) is 32.1 Å². The van der Waals surface area contributed by atoms with E-state index in [-0.39, 0.29) is 0 Å². The fraction of sp³-hybridized carbons (Fsp3) is 0.769. The highest BCUT2D eigenvalue weighted by Crippen LogP contribution is 2.38. The second kappa shape index (κ2) is 4.16. The van der Waals surface area contributed by atoms with Crippen molar-refractivity contribution < 1.29 is 4.74 Å². The molecule has 18 heavy (non-hydrogen) atoms. The van der Waals surface area contributed by atoms with Gasteiger partial charge in [0.05, 0.1) is 12.1 Å². The van der Waals surface area contributed by atoms with Gasteiger partial charge in [-0.15, -0.1) is 0 Å². The average molecular weight is 248 g/mol. The minimum Gasteiger partial charge on any atom is -0.376 e. The molecule has 1 aromatic rings. The normalized spacial score (nSPS) is 30.2. The Labute approximate surface area is 107 Å². The standard InChI is InChI=1S/C13H20N4O/c1-3-9-12(14-6-1)16-17-10(5-7-15-13(9)17)11-4-2-8-18-11/h10-11,15H,1-8H2,(H,14,16). The molecule has 3 aliphatic heterocycles. The van der Waals surface area contributed by atoms with E-state index in [0.717, 1.165) is 38.4 Å². The predicted molar refractivity (Wildman–Crippen MR) is 70.2 cm³/mol. The van der Waals surface area contributed by atoms with Crippen molar-refractivity contribution >= 4 is 11.6 Å². The van der Waals surface area contributed by atoms with E-state index in [1.54, 1.807) is 0 Å². The van der Waals surface area contributed by atoms with Crippen molar-refractivity contribution in [3.05, 3.63) is 5.56 Å². The van der Waals surface area contributed by atoms with Crippen LogP contribution in [-0.2, 0) is 11.2 Å². The van der Waals surface area contributed by atoms with Gasteiger partial charge in [0, 0.05) is 25.3 Å². The van der Waals surface area contributed by atoms with Crippen LogP contribution in [0.15, 0.2) is 0 Å². The molecule has 0 aromatic carbocycles. The molecule has 2 unspecified atom stereocenters. The number of hydrogen-bond donors (Lipinski definition) is 2. The zero-order valence-corrected chi connectivity index (χ0v) is 10.6. The average Bonchev–Trinajstić information content (AvgIpc) is 3.05. The van der Waals surface area contributed by atoms with Gasteiger partial charge >= 0.3 is 0 Å². The van der Waals surface area contributed by atoms with Crippen LogP contribution in [0.4, 0.5) is 11.6 Å². The summed E-state index contributed by atoms with van der Waals surface area (Å²) in [7, 11) is 0. The Morgan fingerprint density at radius 2 is 2.17 bits per heavy atom. The molecule has 2 N–H and O–H groups in total. The van der Waals surface area contributed by atoms with Crippen LogP contribution >= 0.6 is 0 Å². The van der Waals surface area contributed by atoms with E-state index < -0.39 is 0 Å². The van der Waals surface area contributed by atoms with E-state index in [9.17, 15) is 0 Å². The van der Waals surface area contributed by atoms with Crippen LogP contribution in [-0.4, -0.2) is 35.6 Å². The van der Waals surface area contributed by atoms with Crippen LogP contribution in [0.3, 0.4) is 0 Å². The van der Waals surface area contributed by atoms with Crippen LogP contribution in [0.25, 0.3) is 0 Å². The van der Waals surface area contributed by atoms with Gasteiger partial charge in [0.1, 0.15) is 5.82 Å². The van der Waals surface area contributed by atoms with Crippen LogP contribution < -0.4 is 10.6 Å². The molecule has 5 nitrogen and oxygen atoms in total. The molecule has 98 valence electrons. The lowest BCUT2D eigenvalue weighted by Gasteiger charge is -2.30. The fourth-order valence-corrected chi connectivity index (χ4v) is 3.46. The topological polar surface area (TPSA) is 51.1 Å². The Morgan fingerprint density at radius 3 is 3.06 bits per heavy atom. The molecule has 1 aromatic heterocycles. The summed E-state index contributed by atoms with van der Waals surface area (Å²) in [6.07, 6.45) is 6.22. The molecule has 0 amide bonds. The fourth-order valence-electron chi connectivity index (χ4n) is 3.46. The molecule has 0 bridgehead atoms. The Kier molecular flexibility index (Phi) is 2.46. The highest BCUT2D eigenvalue weighted by molar-refractivity contribution is 5.61. The summed E-state index contributed by atoms with van der Waals surface area (Å²) in [6.45, 7) is 3.01. The maximum Gasteiger partial charge on any atom is 0.153 e. The largest absolute Gasteiger partial charge is 0.376 e. The number of fused-ring (bicyclic) bond motifs is 3. The molecular formula is C13H20N4O. The van der Waals surface area contributed by atoms with Crippen molar-refractivity contribution in [2.45, 2.75) is 44.2 Å². The van der Waals surface area contributed by atoms with E-state index in [4.69, 9.17) is 9.84 Å². The van der Waals surface area contributed by atoms with Gasteiger partial charge in [-0.25, -0.2) is 4.68 Å². The molecule has 3 aliphatic rings. The molecule has 2 atom stereocenters. The number of nitrogens with one attached hydrogen (secondary N) is 2. The highest BCUT2D eigenvalue weighted by atomic mass is 16.5. The summed E-state index contributed by atoms with van der Waals surface area (Å²) in [6, 6.07) is 0.427. The molecule has 0 radical (unpaired) electrons. The second-order valence-electron chi connectivity index (χ2n) is 5.48. The molecule has 0 aliphatic carbocycles. The lowest BCUT2D eigenvalue weighted by atomic mass is 10.0. The molecule has 1 saturated heterocycles. The number of nitrogens with zero attached hydrogens (tertiary/aromatic N) is 2. The summed E-state index contributed by atoms with van der Waals surface area (Å²) in [5, 5.41) is 11.7. The van der Waals surface area contributed by atoms with Crippen molar-refractivity contribution in [2.75, 3.05) is 30.3 Å². The van der Waals surface area contributed by atoms with E-state index in [1.807, 2.05) is 0 Å². The molecule has 0 spiro atoms. The molecule has 4 rings (SSSR count). The zero-order valence-electron chi connectivity index (χ0n) is 10.6. The third-order valence-electron chi connectivity index (χ3n) is 4.35. The summed E-state index contributed by atoms with van der Waals surface area (Å²) in [5.41, 5.74) is 1.38. The smallest absolute Gasteiger partial charge is 0.153 e. The third-order valence-corrected chi connectivity index (χ3v) is 4.35. The van der Waals surface area contributed by atoms with Gasteiger partial charge < -0.3 is 15.4 Å². The summed E-state index contributed by atoms with van der Waals surface area (Å²) >= 11 is 0. The Morgan fingerprint density at radius 1 is 1.17 bits per heavy atom. The molecular weight excluding hydrogens is 228 g/mol. The quantitative estimate of drug-likeness (QED) is 0.795. The molecule has 5 heteroatoms. The van der Waals surface area contributed by atoms with Gasteiger partial charge in [-0.2, -0.15) is 5.10 Å². The monoisotopic (exact) mass is 248 g/mol.